The molecule has 0 radical (unpaired) electrons. The van der Waals surface area contributed by atoms with Crippen LogP contribution < -0.4 is 5.73 Å². The molecule has 1 aliphatic rings. The van der Waals surface area contributed by atoms with Crippen LogP contribution >= 0.6 is 0 Å². The molecule has 2 rings (SSSR count). The van der Waals surface area contributed by atoms with Crippen LogP contribution in [0.25, 0.3) is 0 Å². The van der Waals surface area contributed by atoms with E-state index in [1.165, 1.54) is 0 Å². The number of nitrogens with two attached hydrogens (primary N) is 1. The van der Waals surface area contributed by atoms with E-state index < -0.39 is 0 Å². The van der Waals surface area contributed by atoms with E-state index in [-0.39, 0.29) is 18.6 Å². The minimum absolute atomic E-state index is 0.0159. The van der Waals surface area contributed by atoms with Crippen molar-refractivity contribution < 1.29 is 9.90 Å². The molecule has 0 aromatic carbocycles. The Kier molecular flexibility index (Phi) is 3.68. The number of H-pyrrole nitrogens is 1. The molecule has 1 amide bonds. The highest BCUT2D eigenvalue weighted by molar-refractivity contribution is 5.93. The lowest BCUT2D eigenvalue weighted by Crippen LogP contribution is -2.35. The fourth-order valence-corrected chi connectivity index (χ4v) is 2.42. The molecule has 94 valence electrons. The number of nitrogens with zero attached hydrogens (tertiary/aromatic N) is 1. The number of hydrogen-bond acceptors (Lipinski definition) is 3. The Morgan fingerprint density at radius 2 is 2.47 bits per heavy atom. The number of aliphatic hydroxyl groups is 1. The predicted octanol–water partition coefficient (Wildman–Crippen LogP) is 0.974. The van der Waals surface area contributed by atoms with Crippen molar-refractivity contribution in [1.29, 1.82) is 0 Å². The third-order valence-electron chi connectivity index (χ3n) is 3.27. The van der Waals surface area contributed by atoms with Gasteiger partial charge in [-0.3, -0.25) is 4.79 Å². The summed E-state index contributed by atoms with van der Waals surface area (Å²) in [7, 11) is 0. The smallest absolute Gasteiger partial charge is 0.270 e. The first-order valence-corrected chi connectivity index (χ1v) is 6.08. The molecule has 0 aliphatic carbocycles. The Morgan fingerprint density at radius 3 is 3.12 bits per heavy atom. The predicted molar refractivity (Wildman–Crippen MR) is 65.6 cm³/mol. The molecule has 1 aromatic rings. The van der Waals surface area contributed by atoms with Gasteiger partial charge in [-0.15, -0.1) is 0 Å². The highest BCUT2D eigenvalue weighted by Crippen LogP contribution is 2.23. The van der Waals surface area contributed by atoms with Crippen molar-refractivity contribution in [3.63, 3.8) is 0 Å². The van der Waals surface area contributed by atoms with Gasteiger partial charge in [-0.25, -0.2) is 0 Å². The molecule has 5 nitrogen and oxygen atoms in total. The van der Waals surface area contributed by atoms with Crippen molar-refractivity contribution in [2.24, 2.45) is 0 Å². The molecule has 0 spiro atoms. The average molecular weight is 237 g/mol. The third kappa shape index (κ3) is 2.61. The van der Waals surface area contributed by atoms with Crippen molar-refractivity contribution >= 4 is 11.6 Å². The quantitative estimate of drug-likeness (QED) is 0.730. The van der Waals surface area contributed by atoms with E-state index in [1.54, 1.807) is 12.3 Å². The Morgan fingerprint density at radius 1 is 1.65 bits per heavy atom. The van der Waals surface area contributed by atoms with E-state index >= 15 is 0 Å². The van der Waals surface area contributed by atoms with Crippen molar-refractivity contribution in [2.45, 2.75) is 31.7 Å². The van der Waals surface area contributed by atoms with Gasteiger partial charge in [-0.05, 0) is 31.7 Å². The molecule has 1 atom stereocenters. The van der Waals surface area contributed by atoms with Gasteiger partial charge in [-0.1, -0.05) is 0 Å². The molecule has 1 aliphatic heterocycles. The normalized spacial score (nSPS) is 19.8. The number of nitrogens with one attached hydrogen (secondary N) is 1. The first kappa shape index (κ1) is 12.0. The van der Waals surface area contributed by atoms with Crippen LogP contribution in [0.5, 0.6) is 0 Å². The highest BCUT2D eigenvalue weighted by atomic mass is 16.3. The summed E-state index contributed by atoms with van der Waals surface area (Å²) >= 11 is 0. The number of nitrogen functional groups attached to an aromatic ring is 1. The van der Waals surface area contributed by atoms with Gasteiger partial charge in [0.15, 0.2) is 0 Å². The molecule has 5 heteroatoms. The topological polar surface area (TPSA) is 82.4 Å². The van der Waals surface area contributed by atoms with Gasteiger partial charge in [0.05, 0.1) is 0 Å². The van der Waals surface area contributed by atoms with Crippen LogP contribution in [-0.2, 0) is 0 Å². The molecule has 1 aromatic heterocycles. The number of carbonyl (C=O) groups is 1. The van der Waals surface area contributed by atoms with E-state index in [4.69, 9.17) is 10.8 Å². The monoisotopic (exact) mass is 237 g/mol. The van der Waals surface area contributed by atoms with E-state index in [1.807, 2.05) is 4.90 Å². The third-order valence-corrected chi connectivity index (χ3v) is 3.27. The maximum atomic E-state index is 12.2. The Hall–Kier alpha value is -1.49. The molecule has 0 bridgehead atoms. The first-order valence-electron chi connectivity index (χ1n) is 6.08. The number of carbonyl (C=O) groups excluding carboxylic acids is 1. The second kappa shape index (κ2) is 5.23. The molecule has 2 heterocycles. The number of anilines is 1. The second-order valence-electron chi connectivity index (χ2n) is 4.51. The van der Waals surface area contributed by atoms with E-state index in [9.17, 15) is 4.79 Å². The fraction of sp³-hybridized carbons (Fsp3) is 0.583. The number of amides is 1. The number of aromatic amines is 1. The summed E-state index contributed by atoms with van der Waals surface area (Å²) in [6.45, 7) is 0.988. The molecule has 0 saturated carbocycles. The van der Waals surface area contributed by atoms with E-state index in [0.29, 0.717) is 11.4 Å². The van der Waals surface area contributed by atoms with Crippen LogP contribution in [0.15, 0.2) is 12.3 Å². The van der Waals surface area contributed by atoms with Gasteiger partial charge in [0.2, 0.25) is 0 Å². The van der Waals surface area contributed by atoms with Crippen LogP contribution in [0, 0.1) is 0 Å². The van der Waals surface area contributed by atoms with Crippen LogP contribution in [0.3, 0.4) is 0 Å². The Labute approximate surface area is 101 Å². The molecular weight excluding hydrogens is 218 g/mol. The maximum Gasteiger partial charge on any atom is 0.270 e. The van der Waals surface area contributed by atoms with Crippen LogP contribution in [-0.4, -0.2) is 40.1 Å². The minimum atomic E-state index is 0.0159. The summed E-state index contributed by atoms with van der Waals surface area (Å²) in [6.07, 6.45) is 5.33. The summed E-state index contributed by atoms with van der Waals surface area (Å²) in [5.74, 6) is 0.0159. The second-order valence-corrected chi connectivity index (χ2v) is 4.51. The van der Waals surface area contributed by atoms with Crippen molar-refractivity contribution in [3.8, 4) is 0 Å². The standard InChI is InChI=1S/C12H19N3O2/c13-9-7-11(14-8-9)12(17)15-5-1-3-10(15)4-2-6-16/h7-8,10,14,16H,1-6,13H2. The number of aliphatic hydroxyl groups excluding tert-OH is 1. The SMILES string of the molecule is Nc1c[nH]c(C(=O)N2CCCC2CCCO)c1. The van der Waals surface area contributed by atoms with Crippen molar-refractivity contribution in [3.05, 3.63) is 18.0 Å². The highest BCUT2D eigenvalue weighted by Gasteiger charge is 2.29. The average Bonchev–Trinajstić information content (AvgIpc) is 2.94. The largest absolute Gasteiger partial charge is 0.397 e. The summed E-state index contributed by atoms with van der Waals surface area (Å²) in [4.78, 5) is 17.0. The van der Waals surface area contributed by atoms with Crippen LogP contribution in [0.1, 0.15) is 36.2 Å². The Balaban J connectivity index is 2.03. The number of aromatic nitrogens is 1. The summed E-state index contributed by atoms with van der Waals surface area (Å²) in [6, 6.07) is 1.93. The molecule has 1 unspecified atom stereocenters. The summed E-state index contributed by atoms with van der Waals surface area (Å²) in [5, 5.41) is 8.85. The van der Waals surface area contributed by atoms with Gasteiger partial charge in [0, 0.05) is 31.1 Å². The lowest BCUT2D eigenvalue weighted by atomic mass is 10.1. The van der Waals surface area contributed by atoms with Crippen molar-refractivity contribution in [2.75, 3.05) is 18.9 Å². The zero-order chi connectivity index (χ0) is 12.3. The fourth-order valence-electron chi connectivity index (χ4n) is 2.42. The molecule has 4 N–H and O–H groups in total. The van der Waals surface area contributed by atoms with E-state index in [0.717, 1.165) is 32.2 Å². The van der Waals surface area contributed by atoms with Gasteiger partial charge < -0.3 is 20.7 Å². The van der Waals surface area contributed by atoms with Gasteiger partial charge in [-0.2, -0.15) is 0 Å². The molecule has 1 fully saturated rings. The minimum Gasteiger partial charge on any atom is -0.397 e. The zero-order valence-electron chi connectivity index (χ0n) is 9.85. The molecule has 17 heavy (non-hydrogen) atoms. The molecule has 1 saturated heterocycles. The number of likely N-dealkylation sites (tertiary alicyclic amines) is 1. The van der Waals surface area contributed by atoms with Crippen LogP contribution in [0.2, 0.25) is 0 Å². The lowest BCUT2D eigenvalue weighted by Gasteiger charge is -2.24. The Bertz CT molecular complexity index is 389. The van der Waals surface area contributed by atoms with Crippen LogP contribution in [0.4, 0.5) is 5.69 Å². The zero-order valence-corrected chi connectivity index (χ0v) is 9.85. The number of rotatable bonds is 4. The van der Waals surface area contributed by atoms with E-state index in [2.05, 4.69) is 4.98 Å². The van der Waals surface area contributed by atoms with Gasteiger partial charge in [0.25, 0.3) is 5.91 Å². The maximum absolute atomic E-state index is 12.2. The summed E-state index contributed by atoms with van der Waals surface area (Å²) in [5.41, 5.74) is 6.73. The molecular formula is C12H19N3O2. The lowest BCUT2D eigenvalue weighted by molar-refractivity contribution is 0.0719. The first-order chi connectivity index (χ1) is 8.22. The van der Waals surface area contributed by atoms with Gasteiger partial charge in [0.1, 0.15) is 5.69 Å². The number of hydrogen-bond donors (Lipinski definition) is 3. The summed E-state index contributed by atoms with van der Waals surface area (Å²) < 4.78 is 0. The van der Waals surface area contributed by atoms with Crippen molar-refractivity contribution in [1.82, 2.24) is 9.88 Å². The van der Waals surface area contributed by atoms with Gasteiger partial charge >= 0.3 is 0 Å².